The second kappa shape index (κ2) is 12.1. The molecule has 33 heavy (non-hydrogen) atoms. The number of ether oxygens (including phenoxy) is 1. The maximum Gasteiger partial charge on any atom is 0.490 e. The van der Waals surface area contributed by atoms with Crippen molar-refractivity contribution in [2.75, 3.05) is 39.9 Å². The summed E-state index contributed by atoms with van der Waals surface area (Å²) in [5, 5.41) is 14.2. The van der Waals surface area contributed by atoms with Crippen molar-refractivity contribution in [3.63, 3.8) is 0 Å². The third-order valence-electron chi connectivity index (χ3n) is 5.18. The molecule has 0 amide bonds. The van der Waals surface area contributed by atoms with E-state index in [-0.39, 0.29) is 0 Å². The molecular formula is C19H25F6N3O5. The van der Waals surface area contributed by atoms with Crippen LogP contribution in [-0.2, 0) is 20.9 Å². The first-order valence-corrected chi connectivity index (χ1v) is 9.68. The zero-order valence-electron chi connectivity index (χ0n) is 17.7. The van der Waals surface area contributed by atoms with Crippen molar-refractivity contribution in [3.8, 4) is 0 Å². The highest BCUT2D eigenvalue weighted by Crippen LogP contribution is 2.31. The highest BCUT2D eigenvalue weighted by molar-refractivity contribution is 5.73. The average molecular weight is 489 g/mol. The smallest absolute Gasteiger partial charge is 0.475 e. The van der Waals surface area contributed by atoms with Crippen molar-refractivity contribution in [1.29, 1.82) is 0 Å². The van der Waals surface area contributed by atoms with Gasteiger partial charge >= 0.3 is 24.3 Å². The topological polar surface area (TPSA) is 103 Å². The van der Waals surface area contributed by atoms with Crippen LogP contribution in [0.15, 0.2) is 24.5 Å². The van der Waals surface area contributed by atoms with Gasteiger partial charge in [-0.2, -0.15) is 26.3 Å². The van der Waals surface area contributed by atoms with Gasteiger partial charge < -0.3 is 14.9 Å². The van der Waals surface area contributed by atoms with Crippen LogP contribution in [0.25, 0.3) is 0 Å². The number of morpholine rings is 1. The Bertz CT molecular complexity index is 729. The predicted molar refractivity (Wildman–Crippen MR) is 102 cm³/mol. The minimum absolute atomic E-state index is 0.299. The van der Waals surface area contributed by atoms with Crippen LogP contribution in [0.5, 0.6) is 0 Å². The number of carboxylic acids is 2. The summed E-state index contributed by atoms with van der Waals surface area (Å²) in [4.78, 5) is 26.9. The van der Waals surface area contributed by atoms with Crippen LogP contribution in [0.4, 0.5) is 26.3 Å². The number of halogens is 6. The van der Waals surface area contributed by atoms with Gasteiger partial charge in [0.2, 0.25) is 0 Å². The lowest BCUT2D eigenvalue weighted by Crippen LogP contribution is -2.59. The molecule has 0 aromatic carbocycles. The molecule has 1 aromatic heterocycles. The van der Waals surface area contributed by atoms with E-state index in [1.165, 1.54) is 18.4 Å². The normalized spacial score (nSPS) is 19.0. The molecule has 0 radical (unpaired) electrons. The molecule has 2 aliphatic heterocycles. The lowest BCUT2D eigenvalue weighted by atomic mass is 9.85. The molecule has 2 aliphatic rings. The molecule has 8 nitrogen and oxygen atoms in total. The zero-order chi connectivity index (χ0) is 25.3. The molecule has 0 unspecified atom stereocenters. The van der Waals surface area contributed by atoms with Crippen molar-refractivity contribution >= 4 is 11.9 Å². The van der Waals surface area contributed by atoms with E-state index in [1.54, 1.807) is 0 Å². The maximum atomic E-state index is 10.6. The first kappa shape index (κ1) is 28.6. The number of aliphatic carboxylic acids is 2. The van der Waals surface area contributed by atoms with Gasteiger partial charge in [-0.1, -0.05) is 0 Å². The standard InChI is InChI=1S/C15H23N3O.2C2HF3O2/c1-17-10-11-19-13-15(17)4-8-18(9-5-15)12-14-2-6-16-7-3-14;2*3-2(4,5)1(6)7/h2-3,6-7H,4-5,8-13H2,1H3;2*(H,6,7). The Morgan fingerprint density at radius 3 is 1.85 bits per heavy atom. The van der Waals surface area contributed by atoms with Gasteiger partial charge in [-0.3, -0.25) is 14.8 Å². The molecule has 188 valence electrons. The third-order valence-corrected chi connectivity index (χ3v) is 5.18. The van der Waals surface area contributed by atoms with Gasteiger partial charge in [-0.25, -0.2) is 9.59 Å². The number of likely N-dealkylation sites (tertiary alicyclic amines) is 1. The number of pyridine rings is 1. The summed E-state index contributed by atoms with van der Waals surface area (Å²) < 4.78 is 69.2. The fraction of sp³-hybridized carbons (Fsp3) is 0.632. The van der Waals surface area contributed by atoms with E-state index in [4.69, 9.17) is 24.5 Å². The van der Waals surface area contributed by atoms with E-state index < -0.39 is 24.3 Å². The van der Waals surface area contributed by atoms with Crippen LogP contribution in [0, 0.1) is 0 Å². The van der Waals surface area contributed by atoms with Gasteiger partial charge in [-0.15, -0.1) is 0 Å². The van der Waals surface area contributed by atoms with Crippen molar-refractivity contribution in [2.45, 2.75) is 37.3 Å². The Kier molecular flexibility index (Phi) is 10.5. The summed E-state index contributed by atoms with van der Waals surface area (Å²) in [5.41, 5.74) is 1.66. The van der Waals surface area contributed by atoms with Gasteiger partial charge in [-0.05, 0) is 37.6 Å². The summed E-state index contributed by atoms with van der Waals surface area (Å²) in [5.74, 6) is -5.51. The van der Waals surface area contributed by atoms with Crippen LogP contribution < -0.4 is 0 Å². The number of alkyl halides is 6. The highest BCUT2D eigenvalue weighted by atomic mass is 19.4. The Balaban J connectivity index is 0.000000324. The lowest BCUT2D eigenvalue weighted by Gasteiger charge is -2.49. The van der Waals surface area contributed by atoms with E-state index in [0.717, 1.165) is 39.4 Å². The Morgan fingerprint density at radius 1 is 1.00 bits per heavy atom. The van der Waals surface area contributed by atoms with E-state index >= 15 is 0 Å². The molecule has 2 fully saturated rings. The van der Waals surface area contributed by atoms with Crippen molar-refractivity contribution in [1.82, 2.24) is 14.8 Å². The summed E-state index contributed by atoms with van der Waals surface area (Å²) in [6.45, 7) is 6.24. The molecule has 14 heteroatoms. The summed E-state index contributed by atoms with van der Waals surface area (Å²) >= 11 is 0. The number of rotatable bonds is 2. The van der Waals surface area contributed by atoms with Gasteiger partial charge in [0.1, 0.15) is 0 Å². The molecule has 0 bridgehead atoms. The molecule has 3 rings (SSSR count). The number of hydrogen-bond acceptors (Lipinski definition) is 6. The highest BCUT2D eigenvalue weighted by Gasteiger charge is 2.40. The third kappa shape index (κ3) is 9.92. The molecule has 0 atom stereocenters. The van der Waals surface area contributed by atoms with E-state index in [2.05, 4.69) is 34.0 Å². The minimum atomic E-state index is -5.08. The van der Waals surface area contributed by atoms with Gasteiger partial charge in [0, 0.05) is 44.1 Å². The van der Waals surface area contributed by atoms with Crippen LogP contribution in [-0.4, -0.2) is 94.7 Å². The number of aromatic nitrogens is 1. The van der Waals surface area contributed by atoms with E-state index in [1.807, 2.05) is 12.4 Å². The summed E-state index contributed by atoms with van der Waals surface area (Å²) in [7, 11) is 2.25. The quantitative estimate of drug-likeness (QED) is 0.612. The molecule has 2 N–H and O–H groups in total. The van der Waals surface area contributed by atoms with Crippen LogP contribution in [0.1, 0.15) is 18.4 Å². The summed E-state index contributed by atoms with van der Waals surface area (Å²) in [6.07, 6.45) is -3.98. The first-order valence-electron chi connectivity index (χ1n) is 9.68. The predicted octanol–water partition coefficient (Wildman–Crippen LogP) is 2.64. The number of carboxylic acid groups (broad SMARTS) is 2. The largest absolute Gasteiger partial charge is 0.490 e. The maximum absolute atomic E-state index is 10.6. The molecule has 1 spiro atoms. The van der Waals surface area contributed by atoms with E-state index in [9.17, 15) is 26.3 Å². The fourth-order valence-electron chi connectivity index (χ4n) is 3.21. The van der Waals surface area contributed by atoms with Crippen molar-refractivity contribution in [2.24, 2.45) is 0 Å². The molecule has 1 aromatic rings. The Hall–Kier alpha value is -2.45. The summed E-state index contributed by atoms with van der Waals surface area (Å²) in [6, 6.07) is 4.22. The van der Waals surface area contributed by atoms with Gasteiger partial charge in [0.15, 0.2) is 0 Å². The number of hydrogen-bond donors (Lipinski definition) is 2. The number of likely N-dealkylation sites (N-methyl/N-ethyl adjacent to an activating group) is 1. The molecule has 0 saturated carbocycles. The number of carbonyl (C=O) groups is 2. The van der Waals surface area contributed by atoms with Crippen LogP contribution in [0.3, 0.4) is 0 Å². The monoisotopic (exact) mass is 489 g/mol. The zero-order valence-corrected chi connectivity index (χ0v) is 17.7. The molecular weight excluding hydrogens is 464 g/mol. The van der Waals surface area contributed by atoms with E-state index in [0.29, 0.717) is 5.54 Å². The Labute approximate surface area is 185 Å². The van der Waals surface area contributed by atoms with Crippen molar-refractivity contribution in [3.05, 3.63) is 30.1 Å². The van der Waals surface area contributed by atoms with Crippen LogP contribution >= 0.6 is 0 Å². The van der Waals surface area contributed by atoms with Gasteiger partial charge in [0.05, 0.1) is 13.2 Å². The molecule has 2 saturated heterocycles. The second-order valence-corrected chi connectivity index (χ2v) is 7.44. The second-order valence-electron chi connectivity index (χ2n) is 7.44. The number of nitrogens with zero attached hydrogens (tertiary/aromatic N) is 3. The first-order chi connectivity index (χ1) is 15.2. The average Bonchev–Trinajstić information content (AvgIpc) is 2.72. The fourth-order valence-corrected chi connectivity index (χ4v) is 3.21. The number of piperidine rings is 1. The van der Waals surface area contributed by atoms with Crippen LogP contribution in [0.2, 0.25) is 0 Å². The molecule has 0 aliphatic carbocycles. The Morgan fingerprint density at radius 2 is 1.45 bits per heavy atom. The molecule has 3 heterocycles. The minimum Gasteiger partial charge on any atom is -0.475 e. The lowest BCUT2D eigenvalue weighted by molar-refractivity contribution is -0.193. The van der Waals surface area contributed by atoms with Crippen molar-refractivity contribution < 1.29 is 50.9 Å². The van der Waals surface area contributed by atoms with Gasteiger partial charge in [0.25, 0.3) is 0 Å². The SMILES string of the molecule is CN1CCOCC12CCN(Cc1ccncc1)CC2.O=C(O)C(F)(F)F.O=C(O)C(F)(F)F.